The smallest absolute Gasteiger partial charge is 0.357 e. The fourth-order valence-electron chi connectivity index (χ4n) is 3.22. The molecule has 0 fully saturated rings. The van der Waals surface area contributed by atoms with Crippen molar-refractivity contribution in [3.05, 3.63) is 53.7 Å². The molecule has 1 aromatic heterocycles. The number of methoxy groups -OCH3 is 1. The SMILES string of the molecule is CCOC(=O)c1nc(-c2cccc(C#C[C@](C)(O)C3=NCC#CO3)c2)nc2cc(OC)ccc12. The first-order valence-electron chi connectivity index (χ1n) is 10.5. The molecule has 8 nitrogen and oxygen atoms in total. The van der Waals surface area contributed by atoms with Crippen LogP contribution in [0.1, 0.15) is 29.9 Å². The van der Waals surface area contributed by atoms with Crippen molar-refractivity contribution in [2.75, 3.05) is 20.3 Å². The van der Waals surface area contributed by atoms with E-state index in [1.165, 1.54) is 6.92 Å². The van der Waals surface area contributed by atoms with E-state index < -0.39 is 11.6 Å². The van der Waals surface area contributed by atoms with Crippen LogP contribution in [0.25, 0.3) is 22.3 Å². The van der Waals surface area contributed by atoms with Crippen LogP contribution < -0.4 is 4.74 Å². The molecule has 2 heterocycles. The fourth-order valence-corrected chi connectivity index (χ4v) is 3.22. The highest BCUT2D eigenvalue weighted by Gasteiger charge is 2.28. The zero-order valence-corrected chi connectivity index (χ0v) is 18.9. The lowest BCUT2D eigenvalue weighted by Gasteiger charge is -2.17. The quantitative estimate of drug-likeness (QED) is 0.466. The highest BCUT2D eigenvalue weighted by molar-refractivity contribution is 6.02. The Bertz CT molecular complexity index is 1420. The molecule has 1 aliphatic rings. The van der Waals surface area contributed by atoms with E-state index in [4.69, 9.17) is 14.2 Å². The van der Waals surface area contributed by atoms with Gasteiger partial charge in [0.15, 0.2) is 17.1 Å². The summed E-state index contributed by atoms with van der Waals surface area (Å²) in [5.41, 5.74) is 0.349. The van der Waals surface area contributed by atoms with Crippen molar-refractivity contribution < 1.29 is 24.1 Å². The number of nitrogens with zero attached hydrogens (tertiary/aromatic N) is 3. The third-order valence-electron chi connectivity index (χ3n) is 4.88. The highest BCUT2D eigenvalue weighted by atomic mass is 16.5. The first kappa shape index (κ1) is 22.8. The van der Waals surface area contributed by atoms with E-state index >= 15 is 0 Å². The Hall–Kier alpha value is -4.40. The van der Waals surface area contributed by atoms with Crippen LogP contribution in [0.2, 0.25) is 0 Å². The van der Waals surface area contributed by atoms with Gasteiger partial charge in [-0.3, -0.25) is 0 Å². The largest absolute Gasteiger partial charge is 0.497 e. The molecule has 8 heteroatoms. The second-order valence-electron chi connectivity index (χ2n) is 7.40. The topological polar surface area (TPSA) is 103 Å². The summed E-state index contributed by atoms with van der Waals surface area (Å²) in [4.78, 5) is 25.8. The number of ether oxygens (including phenoxy) is 3. The van der Waals surface area contributed by atoms with Crippen molar-refractivity contribution in [3.63, 3.8) is 0 Å². The zero-order valence-electron chi connectivity index (χ0n) is 18.9. The number of rotatable bonds is 5. The molecule has 170 valence electrons. The summed E-state index contributed by atoms with van der Waals surface area (Å²) in [6, 6.07) is 12.4. The standard InChI is InChI=1S/C26H21N3O5/c1-4-33-24(30)22-20-10-9-19(32-3)16-21(20)28-23(29-22)18-8-5-7-17(15-18)11-12-26(2,31)25-27-13-6-14-34-25/h5,7-10,15-16,31H,4,13H2,1-3H3/t26-/m0/s1. The second kappa shape index (κ2) is 9.62. The van der Waals surface area contributed by atoms with Crippen LogP contribution in [0.3, 0.4) is 0 Å². The van der Waals surface area contributed by atoms with E-state index in [-0.39, 0.29) is 24.7 Å². The molecule has 3 aromatic rings. The molecule has 1 aliphatic heterocycles. The molecule has 0 unspecified atom stereocenters. The third kappa shape index (κ3) is 4.83. The predicted octanol–water partition coefficient (Wildman–Crippen LogP) is 2.97. The van der Waals surface area contributed by atoms with Crippen molar-refractivity contribution in [2.24, 2.45) is 4.99 Å². The molecule has 0 bridgehead atoms. The average molecular weight is 455 g/mol. The molecule has 0 saturated heterocycles. The third-order valence-corrected chi connectivity index (χ3v) is 4.88. The Morgan fingerprint density at radius 2 is 2.12 bits per heavy atom. The van der Waals surface area contributed by atoms with E-state index in [9.17, 15) is 9.90 Å². The number of hydrogen-bond donors (Lipinski definition) is 1. The lowest BCUT2D eigenvalue weighted by atomic mass is 10.1. The van der Waals surface area contributed by atoms with Gasteiger partial charge in [-0.15, -0.1) is 0 Å². The predicted molar refractivity (Wildman–Crippen MR) is 126 cm³/mol. The zero-order chi connectivity index (χ0) is 24.1. The van der Waals surface area contributed by atoms with Gasteiger partial charge >= 0.3 is 5.97 Å². The monoisotopic (exact) mass is 455 g/mol. The Balaban J connectivity index is 1.75. The minimum absolute atomic E-state index is 0.0563. The van der Waals surface area contributed by atoms with E-state index in [1.54, 1.807) is 50.4 Å². The molecule has 0 spiro atoms. The molecule has 34 heavy (non-hydrogen) atoms. The Labute approximate surface area is 196 Å². The maximum absolute atomic E-state index is 12.6. The van der Waals surface area contributed by atoms with Crippen molar-refractivity contribution in [2.45, 2.75) is 19.4 Å². The van der Waals surface area contributed by atoms with Gasteiger partial charge in [-0.2, -0.15) is 0 Å². The molecular formula is C26H21N3O5. The number of esters is 1. The van der Waals surface area contributed by atoms with Gasteiger partial charge in [-0.05, 0) is 44.0 Å². The second-order valence-corrected chi connectivity index (χ2v) is 7.40. The first-order chi connectivity index (χ1) is 16.4. The molecule has 0 radical (unpaired) electrons. The molecule has 4 rings (SSSR count). The number of hydrogen-bond acceptors (Lipinski definition) is 8. The lowest BCUT2D eigenvalue weighted by Crippen LogP contribution is -2.35. The Morgan fingerprint density at radius 1 is 1.26 bits per heavy atom. The molecule has 1 N–H and O–H groups in total. The number of aromatic nitrogens is 2. The molecule has 0 amide bonds. The number of aliphatic imine (C=N–C) groups is 1. The Kier molecular flexibility index (Phi) is 6.44. The lowest BCUT2D eigenvalue weighted by molar-refractivity contribution is 0.0522. The highest BCUT2D eigenvalue weighted by Crippen LogP contribution is 2.26. The molecule has 1 atom stereocenters. The summed E-state index contributed by atoms with van der Waals surface area (Å²) in [6.07, 6.45) is 2.44. The molecular weight excluding hydrogens is 434 g/mol. The summed E-state index contributed by atoms with van der Waals surface area (Å²) in [6.45, 7) is 3.69. The minimum atomic E-state index is -1.60. The summed E-state index contributed by atoms with van der Waals surface area (Å²) >= 11 is 0. The molecule has 0 saturated carbocycles. The maximum atomic E-state index is 12.6. The summed E-state index contributed by atoms with van der Waals surface area (Å²) in [7, 11) is 1.56. The van der Waals surface area contributed by atoms with Gasteiger partial charge in [0, 0.05) is 22.6 Å². The van der Waals surface area contributed by atoms with Gasteiger partial charge in [0.05, 0.1) is 19.2 Å². The molecule has 2 aromatic carbocycles. The fraction of sp³-hybridized carbons (Fsp3) is 0.231. The van der Waals surface area contributed by atoms with Crippen LogP contribution in [0.15, 0.2) is 47.5 Å². The van der Waals surface area contributed by atoms with Crippen LogP contribution in [0.4, 0.5) is 0 Å². The van der Waals surface area contributed by atoms with Crippen molar-refractivity contribution in [3.8, 4) is 41.0 Å². The van der Waals surface area contributed by atoms with E-state index in [1.807, 2.05) is 6.07 Å². The van der Waals surface area contributed by atoms with E-state index in [0.29, 0.717) is 33.6 Å². The number of carbonyl (C=O) groups is 1. The van der Waals surface area contributed by atoms with Gasteiger partial charge in [-0.25, -0.2) is 19.8 Å². The van der Waals surface area contributed by atoms with Gasteiger partial charge < -0.3 is 19.3 Å². The van der Waals surface area contributed by atoms with Gasteiger partial charge in [0.25, 0.3) is 0 Å². The van der Waals surface area contributed by atoms with Crippen molar-refractivity contribution in [1.82, 2.24) is 9.97 Å². The number of aliphatic hydroxyl groups is 1. The van der Waals surface area contributed by atoms with Gasteiger partial charge in [-0.1, -0.05) is 24.0 Å². The first-order valence-corrected chi connectivity index (χ1v) is 10.5. The van der Waals surface area contributed by atoms with Crippen LogP contribution in [-0.4, -0.2) is 52.8 Å². The van der Waals surface area contributed by atoms with Crippen LogP contribution in [-0.2, 0) is 9.47 Å². The van der Waals surface area contributed by atoms with Crippen LogP contribution in [0, 0.1) is 23.9 Å². The van der Waals surface area contributed by atoms with Crippen molar-refractivity contribution >= 4 is 22.8 Å². The van der Waals surface area contributed by atoms with Gasteiger partial charge in [0.1, 0.15) is 18.4 Å². The normalized spacial score (nSPS) is 13.8. The minimum Gasteiger partial charge on any atom is -0.497 e. The molecule has 0 aliphatic carbocycles. The Morgan fingerprint density at radius 3 is 2.85 bits per heavy atom. The number of carbonyl (C=O) groups excluding carboxylic acids is 1. The van der Waals surface area contributed by atoms with Crippen LogP contribution in [0.5, 0.6) is 5.75 Å². The summed E-state index contributed by atoms with van der Waals surface area (Å²) < 4.78 is 15.6. The van der Waals surface area contributed by atoms with Crippen molar-refractivity contribution in [1.29, 1.82) is 0 Å². The number of fused-ring (bicyclic) bond motifs is 1. The van der Waals surface area contributed by atoms with E-state index in [0.717, 1.165) is 0 Å². The van der Waals surface area contributed by atoms with E-state index in [2.05, 4.69) is 38.8 Å². The average Bonchev–Trinajstić information content (AvgIpc) is 2.87. The number of benzene rings is 2. The summed E-state index contributed by atoms with van der Waals surface area (Å²) in [5, 5.41) is 11.2. The van der Waals surface area contributed by atoms with Gasteiger partial charge in [0.2, 0.25) is 5.90 Å². The summed E-state index contributed by atoms with van der Waals surface area (Å²) in [5.74, 6) is 8.80. The van der Waals surface area contributed by atoms with Crippen LogP contribution >= 0.6 is 0 Å². The maximum Gasteiger partial charge on any atom is 0.357 e.